The van der Waals surface area contributed by atoms with Crippen LogP contribution in [0.25, 0.3) is 0 Å². The van der Waals surface area contributed by atoms with E-state index >= 15 is 0 Å². The summed E-state index contributed by atoms with van der Waals surface area (Å²) in [4.78, 5) is 0. The van der Waals surface area contributed by atoms with Crippen molar-refractivity contribution in [2.24, 2.45) is 0 Å². The quantitative estimate of drug-likeness (QED) is 0.368. The number of hydrogen-bond acceptors (Lipinski definition) is 4. The van der Waals surface area contributed by atoms with Gasteiger partial charge in [0.05, 0.1) is 0 Å². The fraction of sp³-hybridized carbons (Fsp3) is 0.800. The molecule has 1 aliphatic heterocycles. The lowest BCUT2D eigenvalue weighted by Gasteiger charge is -2.11. The highest BCUT2D eigenvalue weighted by atomic mass is 16.2. The van der Waals surface area contributed by atoms with Crippen LogP contribution in [0.4, 0.5) is 0 Å². The number of rotatable bonds is 0. The van der Waals surface area contributed by atoms with Gasteiger partial charge in [-0.05, 0) is 0 Å². The average Bonchev–Trinajstić information content (AvgIpc) is 1.93. The zero-order chi connectivity index (χ0) is 6.95. The van der Waals surface area contributed by atoms with Crippen LogP contribution >= 0.6 is 0 Å². The van der Waals surface area contributed by atoms with Crippen molar-refractivity contribution in [2.45, 2.75) is 0 Å². The van der Waals surface area contributed by atoms with E-state index in [1.165, 1.54) is 0 Å². The fourth-order valence-electron chi connectivity index (χ4n) is 0.604. The summed E-state index contributed by atoms with van der Waals surface area (Å²) in [5.41, 5.74) is 0. The van der Waals surface area contributed by atoms with Gasteiger partial charge < -0.3 is 15.7 Å². The average molecular weight is 129 g/mol. The number of hydrogen-bond donors (Lipinski definition) is 3. The summed E-state index contributed by atoms with van der Waals surface area (Å²) < 4.78 is 0. The molecule has 0 bridgehead atoms. The number of piperazine rings is 1. The van der Waals surface area contributed by atoms with Crippen molar-refractivity contribution in [1.29, 1.82) is 5.26 Å². The van der Waals surface area contributed by atoms with Crippen LogP contribution in [0.15, 0.2) is 0 Å². The fourth-order valence-corrected chi connectivity index (χ4v) is 0.604. The Morgan fingerprint density at radius 1 is 1.11 bits per heavy atom. The van der Waals surface area contributed by atoms with Gasteiger partial charge in [-0.2, -0.15) is 5.26 Å². The number of nitrogens with one attached hydrogen (secondary N) is 2. The molecule has 0 amide bonds. The van der Waals surface area contributed by atoms with E-state index in [0.29, 0.717) is 0 Å². The molecule has 0 atom stereocenters. The molecule has 0 aromatic heterocycles. The van der Waals surface area contributed by atoms with Crippen LogP contribution in [0.1, 0.15) is 0 Å². The van der Waals surface area contributed by atoms with Crippen LogP contribution in [0.5, 0.6) is 0 Å². The third kappa shape index (κ3) is 7.21. The Hall–Kier alpha value is -0.790. The highest BCUT2D eigenvalue weighted by Crippen LogP contribution is 1.65. The first-order valence-corrected chi connectivity index (χ1v) is 2.86. The standard InChI is InChI=1S/C4H10N2.CHNO/c1-2-6-4-3-5-1;2-1-3/h5-6H,1-4H2;3H. The Bertz CT molecular complexity index is 73.2. The van der Waals surface area contributed by atoms with Gasteiger partial charge in [0.25, 0.3) is 6.26 Å². The third-order valence-corrected chi connectivity index (χ3v) is 0.957. The summed E-state index contributed by atoms with van der Waals surface area (Å²) in [6.07, 6.45) is 0.750. The number of nitriles is 1. The Morgan fingerprint density at radius 3 is 1.44 bits per heavy atom. The van der Waals surface area contributed by atoms with Crippen molar-refractivity contribution in [3.8, 4) is 6.26 Å². The van der Waals surface area contributed by atoms with E-state index in [2.05, 4.69) is 10.6 Å². The molecule has 0 aromatic carbocycles. The van der Waals surface area contributed by atoms with Crippen molar-refractivity contribution >= 4 is 0 Å². The number of aliphatic hydroxyl groups excluding tert-OH is 1. The maximum atomic E-state index is 6.88. The van der Waals surface area contributed by atoms with E-state index in [9.17, 15) is 0 Å². The van der Waals surface area contributed by atoms with E-state index in [4.69, 9.17) is 10.4 Å². The van der Waals surface area contributed by atoms with Crippen molar-refractivity contribution in [1.82, 2.24) is 10.6 Å². The van der Waals surface area contributed by atoms with Gasteiger partial charge >= 0.3 is 0 Å². The zero-order valence-corrected chi connectivity index (χ0v) is 5.22. The van der Waals surface area contributed by atoms with Gasteiger partial charge in [-0.3, -0.25) is 0 Å². The Balaban J connectivity index is 0.000000187. The van der Waals surface area contributed by atoms with Gasteiger partial charge in [-0.25, -0.2) is 0 Å². The van der Waals surface area contributed by atoms with Crippen LogP contribution < -0.4 is 10.6 Å². The minimum Gasteiger partial charge on any atom is -0.443 e. The van der Waals surface area contributed by atoms with Crippen molar-refractivity contribution in [3.05, 3.63) is 0 Å². The molecule has 1 aliphatic rings. The number of nitrogens with zero attached hydrogens (tertiary/aromatic N) is 1. The molecule has 0 spiro atoms. The first-order valence-electron chi connectivity index (χ1n) is 2.86. The van der Waals surface area contributed by atoms with Crippen LogP contribution in [0, 0.1) is 11.5 Å². The monoisotopic (exact) mass is 129 g/mol. The molecule has 0 unspecified atom stereocenters. The molecule has 0 aliphatic carbocycles. The van der Waals surface area contributed by atoms with Crippen LogP contribution in [0.2, 0.25) is 0 Å². The second-order valence-electron chi connectivity index (χ2n) is 1.60. The lowest BCUT2D eigenvalue weighted by atomic mass is 10.4. The Labute approximate surface area is 54.5 Å². The van der Waals surface area contributed by atoms with E-state index in [1.54, 1.807) is 0 Å². The largest absolute Gasteiger partial charge is 0.443 e. The molecular formula is C5H11N3O. The molecule has 1 fully saturated rings. The predicted molar refractivity (Wildman–Crippen MR) is 33.3 cm³/mol. The summed E-state index contributed by atoms with van der Waals surface area (Å²) in [7, 11) is 0. The van der Waals surface area contributed by atoms with Crippen molar-refractivity contribution < 1.29 is 5.11 Å². The van der Waals surface area contributed by atoms with Crippen LogP contribution in [-0.4, -0.2) is 31.3 Å². The molecule has 0 aromatic rings. The van der Waals surface area contributed by atoms with E-state index < -0.39 is 0 Å². The van der Waals surface area contributed by atoms with E-state index in [0.717, 1.165) is 32.4 Å². The van der Waals surface area contributed by atoms with Crippen molar-refractivity contribution in [3.63, 3.8) is 0 Å². The maximum absolute atomic E-state index is 6.88. The van der Waals surface area contributed by atoms with Gasteiger partial charge in [0.15, 0.2) is 0 Å². The molecule has 52 valence electrons. The molecule has 1 heterocycles. The van der Waals surface area contributed by atoms with E-state index in [-0.39, 0.29) is 0 Å². The van der Waals surface area contributed by atoms with Gasteiger partial charge in [0.2, 0.25) is 0 Å². The minimum atomic E-state index is 0.750. The topological polar surface area (TPSA) is 68.1 Å². The van der Waals surface area contributed by atoms with Crippen LogP contribution in [0.3, 0.4) is 0 Å². The zero-order valence-electron chi connectivity index (χ0n) is 5.22. The minimum absolute atomic E-state index is 0.750. The molecule has 4 nitrogen and oxygen atoms in total. The summed E-state index contributed by atoms with van der Waals surface area (Å²) in [5.74, 6) is 0. The SMILES string of the molecule is C1CNCCN1.N#CO. The molecule has 1 rings (SSSR count). The lowest BCUT2D eigenvalue weighted by molar-refractivity contribution is 0.503. The first kappa shape index (κ1) is 8.21. The molecule has 0 radical (unpaired) electrons. The molecule has 4 heteroatoms. The normalized spacial score (nSPS) is 16.8. The molecule has 9 heavy (non-hydrogen) atoms. The molecular weight excluding hydrogens is 118 g/mol. The predicted octanol–water partition coefficient (Wildman–Crippen LogP) is -0.981. The smallest absolute Gasteiger partial charge is 0.283 e. The van der Waals surface area contributed by atoms with Gasteiger partial charge in [-0.1, -0.05) is 0 Å². The lowest BCUT2D eigenvalue weighted by Crippen LogP contribution is -2.39. The number of aliphatic hydroxyl groups is 1. The summed E-state index contributed by atoms with van der Waals surface area (Å²) in [6.45, 7) is 4.56. The second kappa shape index (κ2) is 7.21. The Morgan fingerprint density at radius 2 is 1.33 bits per heavy atom. The molecule has 3 N–H and O–H groups in total. The third-order valence-electron chi connectivity index (χ3n) is 0.957. The first-order chi connectivity index (χ1) is 4.41. The van der Waals surface area contributed by atoms with Gasteiger partial charge in [-0.15, -0.1) is 0 Å². The molecule has 0 saturated carbocycles. The van der Waals surface area contributed by atoms with Crippen molar-refractivity contribution in [2.75, 3.05) is 26.2 Å². The maximum Gasteiger partial charge on any atom is 0.283 e. The summed E-state index contributed by atoms with van der Waals surface area (Å²) in [5, 5.41) is 20.2. The highest BCUT2D eigenvalue weighted by Gasteiger charge is 1.91. The highest BCUT2D eigenvalue weighted by molar-refractivity contribution is 4.59. The Kier molecular flexibility index (Phi) is 6.58. The van der Waals surface area contributed by atoms with Gasteiger partial charge in [0, 0.05) is 26.2 Å². The van der Waals surface area contributed by atoms with E-state index in [1.807, 2.05) is 0 Å². The molecule has 1 saturated heterocycles. The van der Waals surface area contributed by atoms with Gasteiger partial charge in [0.1, 0.15) is 0 Å². The second-order valence-corrected chi connectivity index (χ2v) is 1.60. The summed E-state index contributed by atoms with van der Waals surface area (Å²) >= 11 is 0. The summed E-state index contributed by atoms with van der Waals surface area (Å²) in [6, 6.07) is 0. The van der Waals surface area contributed by atoms with Crippen LogP contribution in [-0.2, 0) is 0 Å².